The van der Waals surface area contributed by atoms with Gasteiger partial charge < -0.3 is 14.5 Å². The monoisotopic (exact) mass is 255 g/mol. The van der Waals surface area contributed by atoms with Gasteiger partial charge in [-0.25, -0.2) is 0 Å². The first-order valence-electron chi connectivity index (χ1n) is 6.23. The lowest BCUT2D eigenvalue weighted by Gasteiger charge is -2.04. The second-order valence-corrected chi connectivity index (χ2v) is 5.36. The van der Waals surface area contributed by atoms with Crippen molar-refractivity contribution < 1.29 is 9.15 Å². The third-order valence-electron chi connectivity index (χ3n) is 2.78. The Morgan fingerprint density at radius 1 is 1.41 bits per heavy atom. The van der Waals surface area contributed by atoms with Crippen molar-refractivity contribution >= 4 is 11.8 Å². The number of nitrogens with one attached hydrogen (secondary N) is 1. The molecule has 1 aliphatic carbocycles. The molecule has 96 valence electrons. The molecule has 0 saturated heterocycles. The summed E-state index contributed by atoms with van der Waals surface area (Å²) >= 11 is 1.78. The first-order chi connectivity index (χ1) is 8.38. The fourth-order valence-corrected chi connectivity index (χ4v) is 2.07. The summed E-state index contributed by atoms with van der Waals surface area (Å²) in [6.07, 6.45) is 4.80. The lowest BCUT2D eigenvalue weighted by atomic mass is 10.4. The molecule has 1 aromatic heterocycles. The zero-order valence-corrected chi connectivity index (χ0v) is 11.2. The highest BCUT2D eigenvalue weighted by Gasteiger charge is 2.20. The van der Waals surface area contributed by atoms with Gasteiger partial charge in [0.2, 0.25) is 0 Å². The van der Waals surface area contributed by atoms with Crippen molar-refractivity contribution in [2.45, 2.75) is 25.1 Å². The van der Waals surface area contributed by atoms with Crippen LogP contribution in [0.15, 0.2) is 16.5 Å². The predicted octanol–water partition coefficient (Wildman–Crippen LogP) is 2.66. The van der Waals surface area contributed by atoms with E-state index >= 15 is 0 Å². The van der Waals surface area contributed by atoms with E-state index in [0.29, 0.717) is 0 Å². The molecule has 0 aromatic carbocycles. The van der Waals surface area contributed by atoms with Crippen molar-refractivity contribution in [1.29, 1.82) is 0 Å². The molecule has 1 heterocycles. The van der Waals surface area contributed by atoms with Crippen molar-refractivity contribution in [2.24, 2.45) is 5.92 Å². The van der Waals surface area contributed by atoms with Crippen molar-refractivity contribution in [3.05, 3.63) is 23.7 Å². The molecule has 2 rings (SSSR count). The summed E-state index contributed by atoms with van der Waals surface area (Å²) in [4.78, 5) is 0. The molecule has 0 bridgehead atoms. The Bertz CT molecular complexity index is 323. The molecule has 4 heteroatoms. The standard InChI is InChI=1S/C13H21NO2S/c1-17-10-13-5-4-12(16-13)8-14-6-7-15-9-11-2-3-11/h4-5,11,14H,2-3,6-10H2,1H3. The Morgan fingerprint density at radius 2 is 2.24 bits per heavy atom. The van der Waals surface area contributed by atoms with E-state index < -0.39 is 0 Å². The number of hydrogen-bond acceptors (Lipinski definition) is 4. The minimum absolute atomic E-state index is 0.793. The van der Waals surface area contributed by atoms with Gasteiger partial charge in [0.25, 0.3) is 0 Å². The maximum Gasteiger partial charge on any atom is 0.118 e. The molecule has 1 saturated carbocycles. The molecule has 0 atom stereocenters. The molecule has 0 unspecified atom stereocenters. The molecule has 1 N–H and O–H groups in total. The fourth-order valence-electron chi connectivity index (χ4n) is 1.63. The first-order valence-corrected chi connectivity index (χ1v) is 7.63. The first kappa shape index (κ1) is 13.0. The summed E-state index contributed by atoms with van der Waals surface area (Å²) in [6.45, 7) is 3.43. The highest BCUT2D eigenvalue weighted by molar-refractivity contribution is 7.97. The Labute approximate surface area is 107 Å². The highest BCUT2D eigenvalue weighted by Crippen LogP contribution is 2.28. The van der Waals surface area contributed by atoms with Crippen LogP contribution in [0.25, 0.3) is 0 Å². The summed E-state index contributed by atoms with van der Waals surface area (Å²) in [5.41, 5.74) is 0. The van der Waals surface area contributed by atoms with Crippen LogP contribution in [0.4, 0.5) is 0 Å². The maximum atomic E-state index is 5.65. The van der Waals surface area contributed by atoms with Crippen LogP contribution in [0.5, 0.6) is 0 Å². The van der Waals surface area contributed by atoms with Crippen LogP contribution in [0.2, 0.25) is 0 Å². The van der Waals surface area contributed by atoms with E-state index in [1.165, 1.54) is 12.8 Å². The SMILES string of the molecule is CSCc1ccc(CNCCOCC2CC2)o1. The maximum absolute atomic E-state index is 5.65. The molecule has 1 aromatic rings. The normalized spacial score (nSPS) is 15.4. The van der Waals surface area contributed by atoms with Crippen LogP contribution in [0, 0.1) is 5.92 Å². The summed E-state index contributed by atoms with van der Waals surface area (Å²) < 4.78 is 11.2. The zero-order valence-electron chi connectivity index (χ0n) is 10.4. The molecular weight excluding hydrogens is 234 g/mol. The predicted molar refractivity (Wildman–Crippen MR) is 71.2 cm³/mol. The van der Waals surface area contributed by atoms with Gasteiger partial charge in [0.15, 0.2) is 0 Å². The van der Waals surface area contributed by atoms with Gasteiger partial charge in [-0.05, 0) is 37.1 Å². The number of rotatable bonds is 9. The van der Waals surface area contributed by atoms with E-state index in [-0.39, 0.29) is 0 Å². The number of thioether (sulfide) groups is 1. The van der Waals surface area contributed by atoms with Crippen LogP contribution < -0.4 is 5.32 Å². The van der Waals surface area contributed by atoms with Gasteiger partial charge in [0, 0.05) is 13.2 Å². The van der Waals surface area contributed by atoms with Gasteiger partial charge >= 0.3 is 0 Å². The van der Waals surface area contributed by atoms with Crippen molar-refractivity contribution in [3.63, 3.8) is 0 Å². The van der Waals surface area contributed by atoms with Gasteiger partial charge in [0.1, 0.15) is 11.5 Å². The molecule has 1 fully saturated rings. The molecule has 0 radical (unpaired) electrons. The van der Waals surface area contributed by atoms with Crippen LogP contribution >= 0.6 is 11.8 Å². The summed E-state index contributed by atoms with van der Waals surface area (Å²) in [6, 6.07) is 4.10. The van der Waals surface area contributed by atoms with E-state index in [4.69, 9.17) is 9.15 Å². The second kappa shape index (κ2) is 7.09. The van der Waals surface area contributed by atoms with Crippen LogP contribution in [-0.4, -0.2) is 26.0 Å². The Hall–Kier alpha value is -0.450. The average Bonchev–Trinajstić information content (AvgIpc) is 3.05. The van der Waals surface area contributed by atoms with E-state index in [1.54, 1.807) is 11.8 Å². The largest absolute Gasteiger partial charge is 0.464 e. The fraction of sp³-hybridized carbons (Fsp3) is 0.692. The summed E-state index contributed by atoms with van der Waals surface area (Å²) in [5, 5.41) is 3.33. The lowest BCUT2D eigenvalue weighted by molar-refractivity contribution is 0.125. The van der Waals surface area contributed by atoms with Gasteiger partial charge in [-0.2, -0.15) is 11.8 Å². The summed E-state index contributed by atoms with van der Waals surface area (Å²) in [7, 11) is 0. The van der Waals surface area contributed by atoms with E-state index in [1.807, 2.05) is 6.07 Å². The molecule has 0 aliphatic heterocycles. The lowest BCUT2D eigenvalue weighted by Crippen LogP contribution is -2.19. The van der Waals surface area contributed by atoms with Crippen LogP contribution in [0.1, 0.15) is 24.4 Å². The molecular formula is C13H21NO2S. The Morgan fingerprint density at radius 3 is 3.00 bits per heavy atom. The van der Waals surface area contributed by atoms with Gasteiger partial charge in [-0.3, -0.25) is 0 Å². The van der Waals surface area contributed by atoms with E-state index in [9.17, 15) is 0 Å². The molecule has 17 heavy (non-hydrogen) atoms. The zero-order chi connectivity index (χ0) is 11.9. The van der Waals surface area contributed by atoms with Crippen molar-refractivity contribution in [3.8, 4) is 0 Å². The smallest absolute Gasteiger partial charge is 0.118 e. The van der Waals surface area contributed by atoms with Crippen molar-refractivity contribution in [1.82, 2.24) is 5.32 Å². The Kier molecular flexibility index (Phi) is 5.42. The minimum atomic E-state index is 0.793. The second-order valence-electron chi connectivity index (χ2n) is 4.50. The third kappa shape index (κ3) is 5.15. The van der Waals surface area contributed by atoms with Gasteiger partial charge in [0.05, 0.1) is 18.9 Å². The Balaban J connectivity index is 1.50. The van der Waals surface area contributed by atoms with Gasteiger partial charge in [-0.15, -0.1) is 0 Å². The third-order valence-corrected chi connectivity index (χ3v) is 3.35. The van der Waals surface area contributed by atoms with E-state index in [2.05, 4.69) is 17.6 Å². The van der Waals surface area contributed by atoms with Gasteiger partial charge in [-0.1, -0.05) is 0 Å². The molecule has 3 nitrogen and oxygen atoms in total. The molecule has 1 aliphatic rings. The molecule has 0 amide bonds. The number of furan rings is 1. The number of hydrogen-bond donors (Lipinski definition) is 1. The van der Waals surface area contributed by atoms with Crippen molar-refractivity contribution in [2.75, 3.05) is 26.0 Å². The average molecular weight is 255 g/mol. The topological polar surface area (TPSA) is 34.4 Å². The van der Waals surface area contributed by atoms with Crippen LogP contribution in [0.3, 0.4) is 0 Å². The summed E-state index contributed by atoms with van der Waals surface area (Å²) in [5.74, 6) is 3.87. The molecule has 0 spiro atoms. The number of ether oxygens (including phenoxy) is 1. The minimum Gasteiger partial charge on any atom is -0.464 e. The quantitative estimate of drug-likeness (QED) is 0.688. The van der Waals surface area contributed by atoms with Crippen LogP contribution in [-0.2, 0) is 17.0 Å². The van der Waals surface area contributed by atoms with E-state index in [0.717, 1.165) is 49.5 Å². The highest BCUT2D eigenvalue weighted by atomic mass is 32.2.